The third kappa shape index (κ3) is 11.7. The van der Waals surface area contributed by atoms with Crippen molar-refractivity contribution in [3.05, 3.63) is 12.7 Å². The Balaban J connectivity index is 1.59. The van der Waals surface area contributed by atoms with Gasteiger partial charge < -0.3 is 58.2 Å². The van der Waals surface area contributed by atoms with Crippen LogP contribution in [-0.2, 0) is 89.1 Å². The molecule has 2 fully saturated rings. The molecule has 28 heteroatoms. The molecule has 0 spiro atoms. The average molecular weight is 858 g/mol. The Hall–Kier alpha value is -4.20. The van der Waals surface area contributed by atoms with Crippen LogP contribution in [0.4, 0.5) is 5.82 Å². The summed E-state index contributed by atoms with van der Waals surface area (Å²) in [5, 5.41) is 0. The minimum atomic E-state index is -5.90. The van der Waals surface area contributed by atoms with Crippen LogP contribution in [0.2, 0.25) is 0 Å². The number of carbonyl (C=O) groups is 5. The van der Waals surface area contributed by atoms with Crippen molar-refractivity contribution in [1.82, 2.24) is 19.5 Å². The smallest absolute Gasteiger partial charge is 0.462 e. The fourth-order valence-electron chi connectivity index (χ4n) is 5.93. The lowest BCUT2D eigenvalue weighted by Gasteiger charge is -2.45. The molecule has 11 unspecified atom stereocenters. The number of fused-ring (bicyclic) bond motifs is 1. The Labute approximate surface area is 322 Å². The highest BCUT2D eigenvalue weighted by Gasteiger charge is 2.58. The number of anilines is 1. The number of hydrogen-bond donors (Lipinski definition) is 3. The molecule has 0 aliphatic carbocycles. The van der Waals surface area contributed by atoms with Crippen LogP contribution in [0, 0.1) is 0 Å². The highest BCUT2D eigenvalue weighted by molar-refractivity contribution is 7.61. The topological polar surface area (TPSA) is 340 Å². The molecular weight excluding hydrogens is 816 g/mol. The number of carbonyl (C=O) groups excluding carboxylic acids is 5. The number of esters is 5. The number of ether oxygens (including phenoxy) is 9. The number of aromatic nitrogens is 4. The van der Waals surface area contributed by atoms with Gasteiger partial charge in [-0.15, -0.1) is 0 Å². The molecule has 318 valence electrons. The molecule has 57 heavy (non-hydrogen) atoms. The number of rotatable bonds is 17. The van der Waals surface area contributed by atoms with Crippen LogP contribution >= 0.6 is 15.6 Å². The summed E-state index contributed by atoms with van der Waals surface area (Å²) >= 11 is 0. The highest BCUT2D eigenvalue weighted by Crippen LogP contribution is 2.62. The first-order valence-corrected chi connectivity index (χ1v) is 19.5. The standard InChI is InChI=1S/C29H41N5O21P2/c1-12(35)46-8-17(48-13(2)36)21-22(49-14(3)37)23(50-15(4)38)25(51-16(5)39)29(53-21)54-57(42,43)55-56(40,41)47-9-18-20(44-6)24(45-7)28(52-18)34-11-33-19-26(30)31-10-32-27(19)34/h10-11,17-18,20-25,28-29H,8-9H2,1-7H3,(H,40,41)(H,42,43)(H2,30,31,32)/t17-,18?,20?,21?,22?,23?,24?,25?,28?,29?/m1/s1. The van der Waals surface area contributed by atoms with Crippen molar-refractivity contribution < 1.29 is 98.9 Å². The number of nitrogens with two attached hydrogens (primary N) is 1. The van der Waals surface area contributed by atoms with Gasteiger partial charge in [-0.05, 0) is 0 Å². The number of imidazole rings is 1. The molecule has 0 aromatic carbocycles. The second-order valence-electron chi connectivity index (χ2n) is 12.1. The molecule has 2 aromatic heterocycles. The lowest BCUT2D eigenvalue weighted by molar-refractivity contribution is -0.301. The Morgan fingerprint density at radius 1 is 0.807 bits per heavy atom. The largest absolute Gasteiger partial charge is 0.483 e. The van der Waals surface area contributed by atoms with Crippen molar-refractivity contribution in [3.8, 4) is 0 Å². The van der Waals surface area contributed by atoms with Gasteiger partial charge in [0.25, 0.3) is 0 Å². The summed E-state index contributed by atoms with van der Waals surface area (Å²) in [6, 6.07) is 0. The SMILES string of the molecule is COC1C(COP(=O)(O)OP(=O)(O)OC2OC([C@@H](COC(C)=O)OC(C)=O)C(OC(C)=O)C(OC(C)=O)C2OC(C)=O)OC(n2cnc3c(N)ncnc32)C1OC. The number of hydrogen-bond acceptors (Lipinski definition) is 23. The molecule has 4 heterocycles. The van der Waals surface area contributed by atoms with Crippen LogP contribution in [0.5, 0.6) is 0 Å². The van der Waals surface area contributed by atoms with Gasteiger partial charge in [-0.25, -0.2) is 24.1 Å². The number of phosphoric acid groups is 2. The summed E-state index contributed by atoms with van der Waals surface area (Å²) in [6.45, 7) is 3.05. The monoisotopic (exact) mass is 857 g/mol. The minimum Gasteiger partial charge on any atom is -0.462 e. The number of nitrogens with zero attached hydrogens (tertiary/aromatic N) is 4. The number of phosphoric ester groups is 2. The quantitative estimate of drug-likeness (QED) is 0.103. The van der Waals surface area contributed by atoms with Crippen LogP contribution in [0.3, 0.4) is 0 Å². The average Bonchev–Trinajstić information content (AvgIpc) is 3.68. The van der Waals surface area contributed by atoms with E-state index in [1.807, 2.05) is 0 Å². The van der Waals surface area contributed by atoms with Gasteiger partial charge in [-0.3, -0.25) is 37.6 Å². The van der Waals surface area contributed by atoms with E-state index < -0.39 is 120 Å². The van der Waals surface area contributed by atoms with Crippen molar-refractivity contribution in [2.45, 2.75) is 96.0 Å². The van der Waals surface area contributed by atoms with Crippen molar-refractivity contribution in [2.75, 3.05) is 33.2 Å². The Morgan fingerprint density at radius 2 is 1.42 bits per heavy atom. The van der Waals surface area contributed by atoms with E-state index in [0.29, 0.717) is 0 Å². The van der Waals surface area contributed by atoms with E-state index in [0.717, 1.165) is 34.6 Å². The Kier molecular flexibility index (Phi) is 15.2. The van der Waals surface area contributed by atoms with E-state index in [1.54, 1.807) is 0 Å². The summed E-state index contributed by atoms with van der Waals surface area (Å²) in [7, 11) is -8.91. The summed E-state index contributed by atoms with van der Waals surface area (Å²) in [6.07, 6.45) is -13.5. The van der Waals surface area contributed by atoms with E-state index in [2.05, 4.69) is 19.3 Å². The van der Waals surface area contributed by atoms with E-state index in [-0.39, 0.29) is 17.0 Å². The van der Waals surface area contributed by atoms with Crippen LogP contribution in [-0.4, -0.2) is 142 Å². The summed E-state index contributed by atoms with van der Waals surface area (Å²) in [5.74, 6) is -5.01. The first-order valence-electron chi connectivity index (χ1n) is 16.5. The van der Waals surface area contributed by atoms with E-state index in [9.17, 15) is 42.9 Å². The van der Waals surface area contributed by atoms with Gasteiger partial charge >= 0.3 is 45.5 Å². The van der Waals surface area contributed by atoms with Gasteiger partial charge in [0.1, 0.15) is 42.9 Å². The third-order valence-corrected chi connectivity index (χ3v) is 10.5. The number of methoxy groups -OCH3 is 2. The van der Waals surface area contributed by atoms with E-state index >= 15 is 0 Å². The zero-order chi connectivity index (χ0) is 42.4. The molecule has 2 aliphatic heterocycles. The van der Waals surface area contributed by atoms with Crippen molar-refractivity contribution >= 4 is 62.5 Å². The molecule has 0 amide bonds. The lowest BCUT2D eigenvalue weighted by Crippen LogP contribution is -2.65. The van der Waals surface area contributed by atoms with Gasteiger partial charge in [0, 0.05) is 48.8 Å². The minimum absolute atomic E-state index is 0.0774. The second kappa shape index (κ2) is 19.0. The maximum atomic E-state index is 13.4. The van der Waals surface area contributed by atoms with Gasteiger partial charge in [-0.2, -0.15) is 4.31 Å². The lowest BCUT2D eigenvalue weighted by atomic mass is 9.94. The van der Waals surface area contributed by atoms with Gasteiger partial charge in [0.15, 0.2) is 42.1 Å². The normalized spacial score (nSPS) is 28.7. The second-order valence-corrected chi connectivity index (χ2v) is 15.1. The molecule has 12 atom stereocenters. The molecule has 26 nitrogen and oxygen atoms in total. The maximum absolute atomic E-state index is 13.4. The first-order chi connectivity index (χ1) is 26.7. The van der Waals surface area contributed by atoms with E-state index in [1.165, 1.54) is 31.4 Å². The molecule has 0 saturated carbocycles. The van der Waals surface area contributed by atoms with Crippen molar-refractivity contribution in [3.63, 3.8) is 0 Å². The van der Waals surface area contributed by atoms with Gasteiger partial charge in [0.2, 0.25) is 6.29 Å². The number of nitrogen functional groups attached to an aromatic ring is 1. The Morgan fingerprint density at radius 3 is 2.00 bits per heavy atom. The van der Waals surface area contributed by atoms with Gasteiger partial charge in [0.05, 0.1) is 12.9 Å². The molecular formula is C29H41N5O21P2. The Bertz CT molecular complexity index is 1900. The van der Waals surface area contributed by atoms with Crippen molar-refractivity contribution in [2.24, 2.45) is 0 Å². The fourth-order valence-corrected chi connectivity index (χ4v) is 8.08. The third-order valence-electron chi connectivity index (χ3n) is 7.91. The fraction of sp³-hybridized carbons (Fsp3) is 0.655. The predicted molar refractivity (Wildman–Crippen MR) is 181 cm³/mol. The van der Waals surface area contributed by atoms with Crippen LogP contribution in [0.25, 0.3) is 11.2 Å². The molecule has 0 radical (unpaired) electrons. The molecule has 4 N–H and O–H groups in total. The molecule has 2 aliphatic rings. The molecule has 4 rings (SSSR count). The molecule has 2 aromatic rings. The van der Waals surface area contributed by atoms with Crippen LogP contribution in [0.1, 0.15) is 40.8 Å². The predicted octanol–water partition coefficient (Wildman–Crippen LogP) is -0.399. The van der Waals surface area contributed by atoms with E-state index in [4.69, 9.17) is 57.4 Å². The maximum Gasteiger partial charge on any atom is 0.483 e. The van der Waals surface area contributed by atoms with Gasteiger partial charge in [-0.1, -0.05) is 0 Å². The zero-order valence-corrected chi connectivity index (χ0v) is 33.0. The summed E-state index contributed by atoms with van der Waals surface area (Å²) in [5.41, 5.74) is 6.38. The van der Waals surface area contributed by atoms with Crippen LogP contribution < -0.4 is 5.73 Å². The highest BCUT2D eigenvalue weighted by atomic mass is 31.3. The van der Waals surface area contributed by atoms with Crippen molar-refractivity contribution in [1.29, 1.82) is 0 Å². The zero-order valence-electron chi connectivity index (χ0n) is 31.3. The first kappa shape index (κ1) is 45.5. The van der Waals surface area contributed by atoms with Crippen LogP contribution in [0.15, 0.2) is 12.7 Å². The summed E-state index contributed by atoms with van der Waals surface area (Å²) < 4.78 is 91.3. The molecule has 0 bridgehead atoms. The molecule has 2 saturated heterocycles. The summed E-state index contributed by atoms with van der Waals surface area (Å²) in [4.78, 5) is 94.0.